The maximum Gasteiger partial charge on any atom is 0.0708 e. The Kier molecular flexibility index (Phi) is 3.34. The van der Waals surface area contributed by atoms with Gasteiger partial charge in [-0.25, -0.2) is 0 Å². The van der Waals surface area contributed by atoms with Crippen molar-refractivity contribution in [1.82, 2.24) is 4.98 Å². The van der Waals surface area contributed by atoms with Crippen LogP contribution in [0.25, 0.3) is 22.4 Å². The van der Waals surface area contributed by atoms with Crippen molar-refractivity contribution < 1.29 is 0 Å². The largest absolute Gasteiger partial charge is 0.256 e. The van der Waals surface area contributed by atoms with Crippen molar-refractivity contribution in [3.63, 3.8) is 0 Å². The van der Waals surface area contributed by atoms with Gasteiger partial charge in [-0.3, -0.25) is 4.98 Å². The topological polar surface area (TPSA) is 12.9 Å². The summed E-state index contributed by atoms with van der Waals surface area (Å²) in [6, 6.07) is 21.2. The summed E-state index contributed by atoms with van der Waals surface area (Å²) in [5, 5.41) is 0. The summed E-state index contributed by atoms with van der Waals surface area (Å²) in [6.07, 6.45) is 1.88. The lowest BCUT2D eigenvalue weighted by molar-refractivity contribution is 1.32. The van der Waals surface area contributed by atoms with E-state index in [-0.39, 0.29) is 0 Å². The molecule has 0 aliphatic rings. The monoisotopic (exact) mass is 259 g/mol. The molecule has 1 aromatic heterocycles. The number of nitrogens with zero attached hydrogens (tertiary/aromatic N) is 1. The molecule has 1 heteroatoms. The third kappa shape index (κ3) is 2.62. The maximum atomic E-state index is 4.50. The molecule has 20 heavy (non-hydrogen) atoms. The van der Waals surface area contributed by atoms with Gasteiger partial charge in [0, 0.05) is 11.8 Å². The lowest BCUT2D eigenvalue weighted by atomic mass is 10.0. The number of aryl methyl sites for hydroxylation is 2. The zero-order valence-corrected chi connectivity index (χ0v) is 11.8. The quantitative estimate of drug-likeness (QED) is 0.628. The Hall–Kier alpha value is -2.41. The van der Waals surface area contributed by atoms with Crippen molar-refractivity contribution in [2.45, 2.75) is 13.8 Å². The molecule has 1 nitrogen and oxygen atoms in total. The molecule has 1 heterocycles. The molecule has 0 aliphatic carbocycles. The third-order valence-electron chi connectivity index (χ3n) is 3.43. The molecule has 98 valence electrons. The Labute approximate surface area is 119 Å². The normalized spacial score (nSPS) is 10.5. The van der Waals surface area contributed by atoms with E-state index < -0.39 is 0 Å². The SMILES string of the molecule is Cc1cccc(-c2ccnc(-c3cccc(C)c3)c2)c1. The molecule has 0 N–H and O–H groups in total. The molecular weight excluding hydrogens is 242 g/mol. The van der Waals surface area contributed by atoms with Crippen LogP contribution in [0.2, 0.25) is 0 Å². The van der Waals surface area contributed by atoms with Gasteiger partial charge in [0.25, 0.3) is 0 Å². The first-order valence-electron chi connectivity index (χ1n) is 6.82. The minimum absolute atomic E-state index is 1.02. The first-order chi connectivity index (χ1) is 9.72. The summed E-state index contributed by atoms with van der Waals surface area (Å²) < 4.78 is 0. The van der Waals surface area contributed by atoms with Gasteiger partial charge < -0.3 is 0 Å². The van der Waals surface area contributed by atoms with Crippen LogP contribution >= 0.6 is 0 Å². The highest BCUT2D eigenvalue weighted by atomic mass is 14.7. The minimum Gasteiger partial charge on any atom is -0.256 e. The van der Waals surface area contributed by atoms with Gasteiger partial charge in [0.05, 0.1) is 5.69 Å². The number of hydrogen-bond donors (Lipinski definition) is 0. The number of hydrogen-bond acceptors (Lipinski definition) is 1. The average Bonchev–Trinajstić information content (AvgIpc) is 2.47. The fourth-order valence-corrected chi connectivity index (χ4v) is 2.40. The van der Waals surface area contributed by atoms with Crippen molar-refractivity contribution in [1.29, 1.82) is 0 Å². The lowest BCUT2D eigenvalue weighted by Crippen LogP contribution is -1.86. The number of aromatic nitrogens is 1. The van der Waals surface area contributed by atoms with E-state index in [0.29, 0.717) is 0 Å². The smallest absolute Gasteiger partial charge is 0.0708 e. The Morgan fingerprint density at radius 3 is 1.95 bits per heavy atom. The van der Waals surface area contributed by atoms with Crippen molar-refractivity contribution >= 4 is 0 Å². The van der Waals surface area contributed by atoms with Crippen LogP contribution in [-0.2, 0) is 0 Å². The van der Waals surface area contributed by atoms with Gasteiger partial charge in [-0.05, 0) is 43.2 Å². The second-order valence-corrected chi connectivity index (χ2v) is 5.17. The Balaban J connectivity index is 2.06. The molecule has 0 fully saturated rings. The Morgan fingerprint density at radius 1 is 0.650 bits per heavy atom. The van der Waals surface area contributed by atoms with Crippen LogP contribution in [0, 0.1) is 13.8 Å². The van der Waals surface area contributed by atoms with E-state index >= 15 is 0 Å². The zero-order valence-electron chi connectivity index (χ0n) is 11.8. The van der Waals surface area contributed by atoms with Crippen LogP contribution in [-0.4, -0.2) is 4.98 Å². The van der Waals surface area contributed by atoms with Crippen LogP contribution in [0.5, 0.6) is 0 Å². The van der Waals surface area contributed by atoms with Crippen molar-refractivity contribution in [3.8, 4) is 22.4 Å². The van der Waals surface area contributed by atoms with E-state index in [1.54, 1.807) is 0 Å². The summed E-state index contributed by atoms with van der Waals surface area (Å²) in [7, 11) is 0. The molecule has 2 aromatic carbocycles. The van der Waals surface area contributed by atoms with Gasteiger partial charge in [-0.15, -0.1) is 0 Å². The molecule has 0 radical (unpaired) electrons. The van der Waals surface area contributed by atoms with Gasteiger partial charge in [0.2, 0.25) is 0 Å². The highest BCUT2D eigenvalue weighted by molar-refractivity contribution is 5.70. The minimum atomic E-state index is 1.02. The van der Waals surface area contributed by atoms with E-state index in [9.17, 15) is 0 Å². The number of rotatable bonds is 2. The van der Waals surface area contributed by atoms with Crippen LogP contribution in [0.15, 0.2) is 66.9 Å². The first kappa shape index (κ1) is 12.6. The number of benzene rings is 2. The molecule has 0 spiro atoms. The molecule has 0 bridgehead atoms. The van der Waals surface area contributed by atoms with Gasteiger partial charge in [0.1, 0.15) is 0 Å². The molecule has 0 saturated heterocycles. The predicted molar refractivity (Wildman–Crippen MR) is 84.6 cm³/mol. The van der Waals surface area contributed by atoms with Crippen LogP contribution in [0.4, 0.5) is 0 Å². The van der Waals surface area contributed by atoms with Crippen LogP contribution < -0.4 is 0 Å². The van der Waals surface area contributed by atoms with Gasteiger partial charge in [-0.1, -0.05) is 53.6 Å². The second kappa shape index (κ2) is 5.30. The molecule has 3 rings (SSSR count). The highest BCUT2D eigenvalue weighted by Crippen LogP contribution is 2.25. The Bertz CT molecular complexity index is 683. The third-order valence-corrected chi connectivity index (χ3v) is 3.43. The maximum absolute atomic E-state index is 4.50. The van der Waals surface area contributed by atoms with E-state index in [4.69, 9.17) is 0 Å². The van der Waals surface area contributed by atoms with Crippen molar-refractivity contribution in [2.75, 3.05) is 0 Å². The first-order valence-corrected chi connectivity index (χ1v) is 6.82. The number of pyridine rings is 1. The average molecular weight is 259 g/mol. The molecule has 0 amide bonds. The summed E-state index contributed by atoms with van der Waals surface area (Å²) in [6.45, 7) is 4.22. The van der Waals surface area contributed by atoms with Gasteiger partial charge in [0.15, 0.2) is 0 Å². The summed E-state index contributed by atoms with van der Waals surface area (Å²) >= 11 is 0. The zero-order chi connectivity index (χ0) is 13.9. The van der Waals surface area contributed by atoms with Crippen LogP contribution in [0.3, 0.4) is 0 Å². The van der Waals surface area contributed by atoms with Gasteiger partial charge in [-0.2, -0.15) is 0 Å². The molecule has 0 unspecified atom stereocenters. The summed E-state index contributed by atoms with van der Waals surface area (Å²) in [5.41, 5.74) is 7.16. The van der Waals surface area contributed by atoms with E-state index in [1.807, 2.05) is 6.20 Å². The molecule has 0 atom stereocenters. The van der Waals surface area contributed by atoms with Crippen molar-refractivity contribution in [2.24, 2.45) is 0 Å². The summed E-state index contributed by atoms with van der Waals surface area (Å²) in [5.74, 6) is 0. The summed E-state index contributed by atoms with van der Waals surface area (Å²) in [4.78, 5) is 4.50. The predicted octanol–water partition coefficient (Wildman–Crippen LogP) is 5.03. The standard InChI is InChI=1S/C19H17N/c1-14-5-3-7-16(11-14)17-9-10-20-19(13-17)18-8-4-6-15(2)12-18/h3-13H,1-2H3. The van der Waals surface area contributed by atoms with E-state index in [1.165, 1.54) is 27.8 Å². The van der Waals surface area contributed by atoms with Gasteiger partial charge >= 0.3 is 0 Å². The van der Waals surface area contributed by atoms with E-state index in [2.05, 4.69) is 79.5 Å². The molecule has 3 aromatic rings. The lowest BCUT2D eigenvalue weighted by Gasteiger charge is -2.06. The fraction of sp³-hybridized carbons (Fsp3) is 0.105. The Morgan fingerprint density at radius 2 is 1.25 bits per heavy atom. The molecular formula is C19H17N. The fourth-order valence-electron chi connectivity index (χ4n) is 2.40. The highest BCUT2D eigenvalue weighted by Gasteiger charge is 2.03. The van der Waals surface area contributed by atoms with Crippen molar-refractivity contribution in [3.05, 3.63) is 78.0 Å². The molecule has 0 saturated carbocycles. The van der Waals surface area contributed by atoms with E-state index in [0.717, 1.165) is 5.69 Å². The van der Waals surface area contributed by atoms with Crippen LogP contribution in [0.1, 0.15) is 11.1 Å². The second-order valence-electron chi connectivity index (χ2n) is 5.17. The molecule has 0 aliphatic heterocycles.